The molecule has 1 heterocycles. The second kappa shape index (κ2) is 2.88. The molecule has 3 heteroatoms. The molecule has 1 aliphatic heterocycles. The maximum atomic E-state index is 5.16. The van der Waals surface area contributed by atoms with Gasteiger partial charge in [0.2, 0.25) is 0 Å². The van der Waals surface area contributed by atoms with Gasteiger partial charge in [-0.2, -0.15) is 0 Å². The van der Waals surface area contributed by atoms with E-state index in [9.17, 15) is 0 Å². The van der Waals surface area contributed by atoms with Crippen LogP contribution < -0.4 is 0 Å². The van der Waals surface area contributed by atoms with Crippen LogP contribution in [0.3, 0.4) is 0 Å². The monoisotopic (exact) mass is 276 g/mol. The maximum absolute atomic E-state index is 5.16. The van der Waals surface area contributed by atoms with Crippen molar-refractivity contribution in [3.63, 3.8) is 0 Å². The van der Waals surface area contributed by atoms with Crippen LogP contribution in [0, 0.1) is 0 Å². The topological polar surface area (TPSA) is 12.5 Å². The molecule has 1 saturated heterocycles. The molecule has 0 spiro atoms. The van der Waals surface area contributed by atoms with E-state index in [4.69, 9.17) is 4.74 Å². The molecule has 1 atom stereocenters. The molecule has 1 aliphatic rings. The van der Waals surface area contributed by atoms with Crippen molar-refractivity contribution in [1.29, 1.82) is 0 Å². The van der Waals surface area contributed by atoms with Crippen molar-refractivity contribution in [3.8, 4) is 0 Å². The number of ether oxygens (including phenoxy) is 1. The number of epoxide rings is 1. The summed E-state index contributed by atoms with van der Waals surface area (Å²) in [5.41, 5.74) is 1.24. The van der Waals surface area contributed by atoms with Gasteiger partial charge in [0.05, 0.1) is 6.61 Å². The summed E-state index contributed by atoms with van der Waals surface area (Å²) in [5, 5.41) is 0. The van der Waals surface area contributed by atoms with Crippen LogP contribution in [0.1, 0.15) is 11.7 Å². The van der Waals surface area contributed by atoms with Crippen LogP contribution >= 0.6 is 31.9 Å². The fourth-order valence-corrected chi connectivity index (χ4v) is 2.33. The van der Waals surface area contributed by atoms with Crippen LogP contribution in [0.5, 0.6) is 0 Å². The fraction of sp³-hybridized carbons (Fsp3) is 0.250. The summed E-state index contributed by atoms with van der Waals surface area (Å²) in [4.78, 5) is 0. The first kappa shape index (κ1) is 7.77. The molecule has 11 heavy (non-hydrogen) atoms. The molecule has 0 N–H and O–H groups in total. The second-order valence-electron chi connectivity index (χ2n) is 2.52. The molecule has 0 amide bonds. The minimum Gasteiger partial charge on any atom is -0.368 e. The first-order valence-corrected chi connectivity index (χ1v) is 4.92. The predicted octanol–water partition coefficient (Wildman–Crippen LogP) is 3.28. The van der Waals surface area contributed by atoms with Crippen molar-refractivity contribution in [2.45, 2.75) is 6.10 Å². The van der Waals surface area contributed by atoms with Gasteiger partial charge in [-0.05, 0) is 23.8 Å². The van der Waals surface area contributed by atoms with Crippen LogP contribution in [0.2, 0.25) is 0 Å². The van der Waals surface area contributed by atoms with E-state index in [1.807, 2.05) is 6.07 Å². The highest BCUT2D eigenvalue weighted by molar-refractivity contribution is 9.11. The number of benzene rings is 1. The van der Waals surface area contributed by atoms with Crippen molar-refractivity contribution in [3.05, 3.63) is 32.7 Å². The summed E-state index contributed by atoms with van der Waals surface area (Å²) >= 11 is 6.85. The average Bonchev–Trinajstić information content (AvgIpc) is 2.64. The molecular weight excluding hydrogens is 272 g/mol. The lowest BCUT2D eigenvalue weighted by Gasteiger charge is -1.97. The van der Waals surface area contributed by atoms with E-state index in [2.05, 4.69) is 44.0 Å². The van der Waals surface area contributed by atoms with Crippen molar-refractivity contribution in [1.82, 2.24) is 0 Å². The summed E-state index contributed by atoms with van der Waals surface area (Å²) in [6.45, 7) is 0.864. The Balaban J connectivity index is 2.39. The van der Waals surface area contributed by atoms with Crippen molar-refractivity contribution < 1.29 is 4.74 Å². The highest BCUT2D eigenvalue weighted by atomic mass is 79.9. The lowest BCUT2D eigenvalue weighted by atomic mass is 10.2. The summed E-state index contributed by atoms with van der Waals surface area (Å²) in [6, 6.07) is 6.19. The van der Waals surface area contributed by atoms with Gasteiger partial charge in [0.1, 0.15) is 6.10 Å². The normalized spacial score (nSPS) is 21.8. The molecule has 1 nitrogen and oxygen atoms in total. The van der Waals surface area contributed by atoms with Gasteiger partial charge in [-0.1, -0.05) is 31.9 Å². The second-order valence-corrected chi connectivity index (χ2v) is 4.36. The first-order chi connectivity index (χ1) is 5.25. The number of hydrogen-bond donors (Lipinski definition) is 0. The molecule has 0 aliphatic carbocycles. The van der Waals surface area contributed by atoms with Gasteiger partial charge in [-0.15, -0.1) is 0 Å². The van der Waals surface area contributed by atoms with Gasteiger partial charge in [0.25, 0.3) is 0 Å². The van der Waals surface area contributed by atoms with Crippen molar-refractivity contribution in [2.24, 2.45) is 0 Å². The van der Waals surface area contributed by atoms with E-state index in [1.54, 1.807) is 0 Å². The zero-order valence-electron chi connectivity index (χ0n) is 5.68. The van der Waals surface area contributed by atoms with Gasteiger partial charge in [0.15, 0.2) is 0 Å². The molecule has 1 aromatic carbocycles. The number of rotatable bonds is 1. The average molecular weight is 278 g/mol. The molecule has 0 bridgehead atoms. The number of hydrogen-bond acceptors (Lipinski definition) is 1. The standard InChI is InChI=1S/C8H6Br2O/c9-6-1-5(8-4-11-8)2-7(10)3-6/h1-3,8H,4H2/t8-/m1/s1. The predicted molar refractivity (Wildman–Crippen MR) is 50.5 cm³/mol. The van der Waals surface area contributed by atoms with E-state index in [1.165, 1.54) is 5.56 Å². The van der Waals surface area contributed by atoms with Gasteiger partial charge in [-0.3, -0.25) is 0 Å². The Morgan fingerprint density at radius 3 is 2.18 bits per heavy atom. The van der Waals surface area contributed by atoms with Crippen molar-refractivity contribution in [2.75, 3.05) is 6.61 Å². The summed E-state index contributed by atoms with van der Waals surface area (Å²) in [6.07, 6.45) is 0.337. The van der Waals surface area contributed by atoms with Gasteiger partial charge in [0, 0.05) is 8.95 Å². The molecule has 0 radical (unpaired) electrons. The van der Waals surface area contributed by atoms with Crippen LogP contribution in [0.4, 0.5) is 0 Å². The van der Waals surface area contributed by atoms with E-state index in [0.717, 1.165) is 15.6 Å². The Morgan fingerprint density at radius 2 is 1.73 bits per heavy atom. The van der Waals surface area contributed by atoms with Crippen LogP contribution in [0.15, 0.2) is 27.1 Å². The van der Waals surface area contributed by atoms with E-state index in [-0.39, 0.29) is 0 Å². The summed E-state index contributed by atoms with van der Waals surface area (Å²) < 4.78 is 7.35. The van der Waals surface area contributed by atoms with Gasteiger partial charge >= 0.3 is 0 Å². The quantitative estimate of drug-likeness (QED) is 0.718. The SMILES string of the molecule is Brc1cc(Br)cc([C@H]2CO2)c1. The third-order valence-electron chi connectivity index (χ3n) is 1.59. The largest absolute Gasteiger partial charge is 0.368 e. The number of halogens is 2. The zero-order chi connectivity index (χ0) is 7.84. The van der Waals surface area contributed by atoms with E-state index >= 15 is 0 Å². The zero-order valence-corrected chi connectivity index (χ0v) is 8.85. The van der Waals surface area contributed by atoms with E-state index < -0.39 is 0 Å². The first-order valence-electron chi connectivity index (χ1n) is 3.33. The Bertz CT molecular complexity index is 261. The smallest absolute Gasteiger partial charge is 0.106 e. The summed E-state index contributed by atoms with van der Waals surface area (Å²) in [7, 11) is 0. The lowest BCUT2D eigenvalue weighted by molar-refractivity contribution is 0.415. The molecule has 0 aromatic heterocycles. The van der Waals surface area contributed by atoms with Crippen LogP contribution in [-0.2, 0) is 4.74 Å². The lowest BCUT2D eigenvalue weighted by Crippen LogP contribution is -1.80. The van der Waals surface area contributed by atoms with Crippen LogP contribution in [0.25, 0.3) is 0 Å². The van der Waals surface area contributed by atoms with Crippen molar-refractivity contribution >= 4 is 31.9 Å². The van der Waals surface area contributed by atoms with Crippen LogP contribution in [-0.4, -0.2) is 6.61 Å². The molecule has 1 fully saturated rings. The van der Waals surface area contributed by atoms with E-state index in [0.29, 0.717) is 6.10 Å². The third-order valence-corrected chi connectivity index (χ3v) is 2.51. The van der Waals surface area contributed by atoms with Gasteiger partial charge < -0.3 is 4.74 Å². The highest BCUT2D eigenvalue weighted by Gasteiger charge is 2.24. The minimum absolute atomic E-state index is 0.337. The third kappa shape index (κ3) is 1.83. The molecule has 2 rings (SSSR count). The molecule has 0 saturated carbocycles. The molecule has 58 valence electrons. The Hall–Kier alpha value is 0.140. The Kier molecular flexibility index (Phi) is 2.04. The summed E-state index contributed by atoms with van der Waals surface area (Å²) in [5.74, 6) is 0. The minimum atomic E-state index is 0.337. The Labute approximate surface area is 82.0 Å². The maximum Gasteiger partial charge on any atom is 0.106 e. The molecule has 1 aromatic rings. The molecule has 0 unspecified atom stereocenters. The van der Waals surface area contributed by atoms with Gasteiger partial charge in [-0.25, -0.2) is 0 Å². The fourth-order valence-electron chi connectivity index (χ4n) is 1.00. The highest BCUT2D eigenvalue weighted by Crippen LogP contribution is 2.33. The molecular formula is C8H6Br2O. The Morgan fingerprint density at radius 1 is 1.18 bits per heavy atom.